The third kappa shape index (κ3) is 5.94. The van der Waals surface area contributed by atoms with E-state index >= 15 is 0 Å². The van der Waals surface area contributed by atoms with Crippen LogP contribution in [0.2, 0.25) is 5.02 Å². The molecule has 1 unspecified atom stereocenters. The van der Waals surface area contributed by atoms with Gasteiger partial charge >= 0.3 is 0 Å². The average Bonchev–Trinajstić information content (AvgIpc) is 3.44. The van der Waals surface area contributed by atoms with E-state index in [4.69, 9.17) is 21.3 Å². The fraction of sp³-hybridized carbons (Fsp3) is 0.360. The van der Waals surface area contributed by atoms with Gasteiger partial charge in [0.25, 0.3) is 0 Å². The van der Waals surface area contributed by atoms with Crippen molar-refractivity contribution in [3.05, 3.63) is 63.6 Å². The summed E-state index contributed by atoms with van der Waals surface area (Å²) in [6.07, 6.45) is -0.528. The number of halogens is 1. The molecular weight excluding hydrogens is 488 g/mol. The highest BCUT2D eigenvalue weighted by Gasteiger charge is 2.20. The minimum atomic E-state index is -0.528. The van der Waals surface area contributed by atoms with E-state index in [0.717, 1.165) is 75.0 Å². The van der Waals surface area contributed by atoms with Gasteiger partial charge in [-0.3, -0.25) is 9.80 Å². The van der Waals surface area contributed by atoms with Crippen molar-refractivity contribution in [2.24, 2.45) is 0 Å². The van der Waals surface area contributed by atoms with E-state index in [9.17, 15) is 5.11 Å². The summed E-state index contributed by atoms with van der Waals surface area (Å²) in [4.78, 5) is 14.0. The quantitative estimate of drug-likeness (QED) is 0.359. The number of hydrogen-bond acceptors (Lipinski definition) is 8. The van der Waals surface area contributed by atoms with Crippen LogP contribution in [0.3, 0.4) is 0 Å². The van der Waals surface area contributed by atoms with Crippen LogP contribution in [0.5, 0.6) is 5.75 Å². The van der Waals surface area contributed by atoms with E-state index in [1.54, 1.807) is 22.7 Å². The van der Waals surface area contributed by atoms with Crippen molar-refractivity contribution in [3.8, 4) is 16.3 Å². The summed E-state index contributed by atoms with van der Waals surface area (Å²) in [5.41, 5.74) is 3.15. The highest BCUT2D eigenvalue weighted by Crippen LogP contribution is 2.27. The van der Waals surface area contributed by atoms with E-state index in [1.165, 1.54) is 0 Å². The molecule has 1 atom stereocenters. The third-order valence-corrected chi connectivity index (χ3v) is 8.01. The van der Waals surface area contributed by atoms with Crippen LogP contribution in [0.4, 0.5) is 0 Å². The summed E-state index contributed by atoms with van der Waals surface area (Å²) in [6, 6.07) is 13.7. The molecule has 4 aromatic rings. The maximum atomic E-state index is 10.5. The van der Waals surface area contributed by atoms with Gasteiger partial charge in [-0.05, 0) is 31.2 Å². The van der Waals surface area contributed by atoms with E-state index in [0.29, 0.717) is 6.54 Å². The smallest absolute Gasteiger partial charge is 0.123 e. The van der Waals surface area contributed by atoms with Crippen molar-refractivity contribution in [1.82, 2.24) is 19.8 Å². The molecule has 34 heavy (non-hydrogen) atoms. The van der Waals surface area contributed by atoms with Crippen LogP contribution in [-0.2, 0) is 6.54 Å². The molecule has 1 saturated heterocycles. The van der Waals surface area contributed by atoms with Crippen LogP contribution in [0, 0.1) is 6.92 Å². The maximum absolute atomic E-state index is 10.5. The van der Waals surface area contributed by atoms with Crippen molar-refractivity contribution in [1.29, 1.82) is 0 Å². The molecular formula is C25H27ClN4O2S2. The molecule has 5 rings (SSSR count). The van der Waals surface area contributed by atoms with Crippen LogP contribution >= 0.6 is 34.3 Å². The first-order valence-electron chi connectivity index (χ1n) is 11.3. The number of fused-ring (bicyclic) bond motifs is 1. The number of aromatic nitrogens is 2. The Balaban J connectivity index is 1.05. The second kappa shape index (κ2) is 10.7. The first kappa shape index (κ1) is 23.7. The molecule has 1 aliphatic heterocycles. The second-order valence-electron chi connectivity index (χ2n) is 8.55. The van der Waals surface area contributed by atoms with Gasteiger partial charge in [0, 0.05) is 61.3 Å². The average molecular weight is 515 g/mol. The summed E-state index contributed by atoms with van der Waals surface area (Å²) in [5.74, 6) is 0.753. The number of hydrogen-bond donors (Lipinski definition) is 1. The number of β-amino-alcohol motifs (C(OH)–C–C–N with tert-alkyl or cyclic N) is 1. The summed E-state index contributed by atoms with van der Waals surface area (Å²) in [5, 5.41) is 15.4. The van der Waals surface area contributed by atoms with Gasteiger partial charge in [-0.25, -0.2) is 9.97 Å². The zero-order valence-electron chi connectivity index (χ0n) is 19.0. The molecule has 3 heterocycles. The molecule has 0 aliphatic carbocycles. The largest absolute Gasteiger partial charge is 0.491 e. The Hall–Kier alpha value is -2.07. The van der Waals surface area contributed by atoms with Crippen molar-refractivity contribution in [2.75, 3.05) is 39.3 Å². The lowest BCUT2D eigenvalue weighted by atomic mass is 10.2. The van der Waals surface area contributed by atoms with Crippen molar-refractivity contribution < 1.29 is 9.84 Å². The Morgan fingerprint density at radius 2 is 1.82 bits per heavy atom. The normalized spacial score (nSPS) is 16.2. The standard InChI is InChI=1S/C25H27ClN4O2S2/c1-17-27-23-12-22(6-7-24(23)34-17)32-15-21(31)14-30-10-8-29(9-11-30)13-20-16-33-25(28-20)18-2-4-19(26)5-3-18/h2-7,12,16,21,31H,8-11,13-15H2,1H3. The number of aryl methyl sites for hydroxylation is 1. The van der Waals surface area contributed by atoms with Crippen LogP contribution in [-0.4, -0.2) is 70.3 Å². The minimum absolute atomic E-state index is 0.279. The number of aliphatic hydroxyl groups is 1. The number of rotatable bonds is 8. The number of ether oxygens (including phenoxy) is 1. The van der Waals surface area contributed by atoms with Gasteiger partial charge in [-0.15, -0.1) is 22.7 Å². The van der Waals surface area contributed by atoms with Gasteiger partial charge in [0.1, 0.15) is 23.5 Å². The molecule has 0 spiro atoms. The topological polar surface area (TPSA) is 61.7 Å². The van der Waals surface area contributed by atoms with E-state index < -0.39 is 6.10 Å². The van der Waals surface area contributed by atoms with Gasteiger partial charge in [-0.2, -0.15) is 0 Å². The van der Waals surface area contributed by atoms with Crippen LogP contribution in [0.25, 0.3) is 20.8 Å². The molecule has 0 radical (unpaired) electrons. The summed E-state index contributed by atoms with van der Waals surface area (Å²) >= 11 is 9.33. The Bertz CT molecular complexity index is 1240. The fourth-order valence-corrected chi connectivity index (χ4v) is 5.87. The second-order valence-corrected chi connectivity index (χ2v) is 11.1. The maximum Gasteiger partial charge on any atom is 0.123 e. The lowest BCUT2D eigenvalue weighted by molar-refractivity contribution is 0.0444. The summed E-state index contributed by atoms with van der Waals surface area (Å²) in [7, 11) is 0. The van der Waals surface area contributed by atoms with Crippen LogP contribution in [0.15, 0.2) is 47.8 Å². The number of nitrogens with zero attached hydrogens (tertiary/aromatic N) is 4. The molecule has 1 aliphatic rings. The lowest BCUT2D eigenvalue weighted by Gasteiger charge is -2.35. The van der Waals surface area contributed by atoms with Crippen LogP contribution < -0.4 is 4.74 Å². The first-order chi connectivity index (χ1) is 16.5. The molecule has 0 amide bonds. The Morgan fingerprint density at radius 1 is 1.06 bits per heavy atom. The molecule has 0 bridgehead atoms. The molecule has 1 fully saturated rings. The predicted octanol–water partition coefficient (Wildman–Crippen LogP) is 4.94. The first-order valence-corrected chi connectivity index (χ1v) is 13.4. The summed E-state index contributed by atoms with van der Waals surface area (Å²) < 4.78 is 6.99. The minimum Gasteiger partial charge on any atom is -0.491 e. The van der Waals surface area contributed by atoms with Crippen molar-refractivity contribution >= 4 is 44.5 Å². The highest BCUT2D eigenvalue weighted by atomic mass is 35.5. The van der Waals surface area contributed by atoms with E-state index in [1.807, 2.05) is 49.4 Å². The van der Waals surface area contributed by atoms with Gasteiger partial charge < -0.3 is 9.84 Å². The third-order valence-electron chi connectivity index (χ3n) is 5.87. The predicted molar refractivity (Wildman–Crippen MR) is 140 cm³/mol. The van der Waals surface area contributed by atoms with Gasteiger partial charge in [0.05, 0.1) is 20.9 Å². The molecule has 2 aromatic carbocycles. The number of piperazine rings is 1. The Kier molecular flexibility index (Phi) is 7.43. The number of benzene rings is 2. The van der Waals surface area contributed by atoms with Gasteiger partial charge in [0.2, 0.25) is 0 Å². The van der Waals surface area contributed by atoms with Crippen molar-refractivity contribution in [2.45, 2.75) is 19.6 Å². The number of thiazole rings is 2. The van der Waals surface area contributed by atoms with Gasteiger partial charge in [-0.1, -0.05) is 23.7 Å². The number of aliphatic hydroxyl groups excluding tert-OH is 1. The fourth-order valence-electron chi connectivity index (χ4n) is 4.12. The molecule has 9 heteroatoms. The zero-order valence-corrected chi connectivity index (χ0v) is 21.4. The lowest BCUT2D eigenvalue weighted by Crippen LogP contribution is -2.48. The van der Waals surface area contributed by atoms with Crippen LogP contribution in [0.1, 0.15) is 10.7 Å². The Morgan fingerprint density at radius 3 is 2.62 bits per heavy atom. The van der Waals surface area contributed by atoms with E-state index in [2.05, 4.69) is 20.2 Å². The Labute approximate surface area is 212 Å². The molecule has 0 saturated carbocycles. The molecule has 2 aromatic heterocycles. The van der Waals surface area contributed by atoms with Crippen molar-refractivity contribution in [3.63, 3.8) is 0 Å². The molecule has 6 nitrogen and oxygen atoms in total. The zero-order chi connectivity index (χ0) is 23.5. The summed E-state index contributed by atoms with van der Waals surface area (Å²) in [6.45, 7) is 7.52. The molecule has 178 valence electrons. The highest BCUT2D eigenvalue weighted by molar-refractivity contribution is 7.18. The SMILES string of the molecule is Cc1nc2cc(OCC(O)CN3CCN(Cc4csc(-c5ccc(Cl)cc5)n4)CC3)ccc2s1. The van der Waals surface area contributed by atoms with E-state index in [-0.39, 0.29) is 6.61 Å². The monoisotopic (exact) mass is 514 g/mol. The van der Waals surface area contributed by atoms with Gasteiger partial charge in [0.15, 0.2) is 0 Å². The molecule has 1 N–H and O–H groups in total.